The molecule has 0 amide bonds. The Kier molecular flexibility index (Phi) is 4.98. The smallest absolute Gasteiger partial charge is 0.158 e. The van der Waals surface area contributed by atoms with E-state index in [1.807, 2.05) is 12.2 Å². The molecule has 4 nitrogen and oxygen atoms in total. The average molecular weight is 242 g/mol. The Morgan fingerprint density at radius 2 is 2.12 bits per heavy atom. The fraction of sp³-hybridized carbons (Fsp3) is 0.846. The Bertz CT molecular complexity index is 248. The molecule has 4 heteroatoms. The Morgan fingerprint density at radius 1 is 1.24 bits per heavy atom. The minimum atomic E-state index is -0.148. The molecule has 1 unspecified atom stereocenters. The normalized spacial score (nSPS) is 38.2. The first kappa shape index (κ1) is 13.0. The number of hydrogen-bond acceptors (Lipinski definition) is 4. The lowest BCUT2D eigenvalue weighted by Crippen LogP contribution is -2.39. The van der Waals surface area contributed by atoms with Gasteiger partial charge in [0, 0.05) is 25.7 Å². The van der Waals surface area contributed by atoms with Crippen molar-refractivity contribution in [2.45, 2.75) is 38.1 Å². The molecular weight excluding hydrogens is 220 g/mol. The summed E-state index contributed by atoms with van der Waals surface area (Å²) < 4.78 is 11.4. The first-order chi connectivity index (χ1) is 8.35. The van der Waals surface area contributed by atoms with Crippen LogP contribution in [0.1, 0.15) is 25.7 Å². The van der Waals surface area contributed by atoms with Crippen LogP contribution in [-0.4, -0.2) is 42.4 Å². The van der Waals surface area contributed by atoms with Gasteiger partial charge >= 0.3 is 0 Å². The third-order valence-corrected chi connectivity index (χ3v) is 3.68. The molecule has 2 N–H and O–H groups in total. The Morgan fingerprint density at radius 3 is 2.76 bits per heavy atom. The van der Waals surface area contributed by atoms with Crippen LogP contribution in [0.2, 0.25) is 0 Å². The van der Waals surface area contributed by atoms with Gasteiger partial charge in [-0.2, -0.15) is 0 Å². The van der Waals surface area contributed by atoms with E-state index >= 15 is 0 Å². The Balaban J connectivity index is 1.92. The van der Waals surface area contributed by atoms with Gasteiger partial charge in [0.05, 0.1) is 6.10 Å². The van der Waals surface area contributed by atoms with Gasteiger partial charge in [-0.05, 0) is 31.6 Å². The summed E-state index contributed by atoms with van der Waals surface area (Å²) in [5.41, 5.74) is 0. The zero-order valence-corrected chi connectivity index (χ0v) is 10.1. The van der Waals surface area contributed by atoms with E-state index in [1.165, 1.54) is 0 Å². The van der Waals surface area contributed by atoms with Gasteiger partial charge in [0.15, 0.2) is 6.29 Å². The van der Waals surface area contributed by atoms with E-state index in [0.29, 0.717) is 0 Å². The molecule has 0 bridgehead atoms. The van der Waals surface area contributed by atoms with E-state index in [9.17, 15) is 10.2 Å². The Hall–Kier alpha value is -0.420. The van der Waals surface area contributed by atoms with Gasteiger partial charge in [-0.3, -0.25) is 0 Å². The van der Waals surface area contributed by atoms with Crippen LogP contribution in [0.15, 0.2) is 12.2 Å². The third-order valence-electron chi connectivity index (χ3n) is 3.68. The topological polar surface area (TPSA) is 58.9 Å². The van der Waals surface area contributed by atoms with Crippen LogP contribution in [0.25, 0.3) is 0 Å². The summed E-state index contributed by atoms with van der Waals surface area (Å²) in [6, 6.07) is 0. The SMILES string of the molecule is OC[C@@H]1CC=C[C@@H](OC2CCCCO2)[C@@H]1CO. The van der Waals surface area contributed by atoms with Crippen molar-refractivity contribution in [3.8, 4) is 0 Å². The standard InChI is InChI=1S/C13H22O4/c14-8-10-4-3-5-12(11(10)9-15)17-13-6-1-2-7-16-13/h3,5,10-15H,1-2,4,6-9H2/t10-,11+,12+,13?/m0/s1. The largest absolute Gasteiger partial charge is 0.396 e. The lowest BCUT2D eigenvalue weighted by atomic mass is 9.82. The summed E-state index contributed by atoms with van der Waals surface area (Å²) in [4.78, 5) is 0. The fourth-order valence-electron chi connectivity index (χ4n) is 2.58. The first-order valence-corrected chi connectivity index (χ1v) is 6.50. The Labute approximate surface area is 102 Å². The van der Waals surface area contributed by atoms with Crippen LogP contribution in [-0.2, 0) is 9.47 Å². The quantitative estimate of drug-likeness (QED) is 0.724. The second kappa shape index (κ2) is 6.50. The van der Waals surface area contributed by atoms with Crippen molar-refractivity contribution in [1.29, 1.82) is 0 Å². The van der Waals surface area contributed by atoms with E-state index in [1.54, 1.807) is 0 Å². The third kappa shape index (κ3) is 3.28. The van der Waals surface area contributed by atoms with E-state index < -0.39 is 0 Å². The lowest BCUT2D eigenvalue weighted by Gasteiger charge is -2.35. The predicted octanol–water partition coefficient (Wildman–Crippen LogP) is 1.08. The second-order valence-electron chi connectivity index (χ2n) is 4.85. The van der Waals surface area contributed by atoms with E-state index in [2.05, 4.69) is 0 Å². The molecule has 98 valence electrons. The number of aliphatic hydroxyl groups excluding tert-OH is 2. The molecule has 0 spiro atoms. The predicted molar refractivity (Wildman–Crippen MR) is 63.4 cm³/mol. The average Bonchev–Trinajstić information content (AvgIpc) is 2.39. The van der Waals surface area contributed by atoms with Gasteiger partial charge in [0.1, 0.15) is 0 Å². The minimum Gasteiger partial charge on any atom is -0.396 e. The van der Waals surface area contributed by atoms with Crippen molar-refractivity contribution in [1.82, 2.24) is 0 Å². The molecular formula is C13H22O4. The van der Waals surface area contributed by atoms with Crippen molar-refractivity contribution in [2.75, 3.05) is 19.8 Å². The van der Waals surface area contributed by atoms with Crippen LogP contribution in [0.4, 0.5) is 0 Å². The molecule has 4 atom stereocenters. The molecule has 1 aliphatic heterocycles. The minimum absolute atomic E-state index is 0.0180. The molecule has 1 heterocycles. The molecule has 0 aromatic carbocycles. The zero-order valence-electron chi connectivity index (χ0n) is 10.1. The van der Waals surface area contributed by atoms with Crippen LogP contribution in [0.5, 0.6) is 0 Å². The van der Waals surface area contributed by atoms with Gasteiger partial charge in [-0.25, -0.2) is 0 Å². The molecule has 1 fully saturated rings. The summed E-state index contributed by atoms with van der Waals surface area (Å²) >= 11 is 0. The highest BCUT2D eigenvalue weighted by atomic mass is 16.7. The van der Waals surface area contributed by atoms with Crippen LogP contribution in [0, 0.1) is 11.8 Å². The van der Waals surface area contributed by atoms with Gasteiger partial charge < -0.3 is 19.7 Å². The fourth-order valence-corrected chi connectivity index (χ4v) is 2.58. The van der Waals surface area contributed by atoms with Crippen molar-refractivity contribution in [3.05, 3.63) is 12.2 Å². The van der Waals surface area contributed by atoms with Crippen LogP contribution >= 0.6 is 0 Å². The number of ether oxygens (including phenoxy) is 2. The van der Waals surface area contributed by atoms with Crippen LogP contribution in [0.3, 0.4) is 0 Å². The van der Waals surface area contributed by atoms with E-state index in [-0.39, 0.29) is 37.4 Å². The number of allylic oxidation sites excluding steroid dienone is 1. The highest BCUT2D eigenvalue weighted by Crippen LogP contribution is 2.29. The molecule has 0 aromatic heterocycles. The molecule has 1 aliphatic carbocycles. The first-order valence-electron chi connectivity index (χ1n) is 6.50. The maximum atomic E-state index is 9.43. The van der Waals surface area contributed by atoms with Gasteiger partial charge in [-0.15, -0.1) is 0 Å². The number of hydrogen-bond donors (Lipinski definition) is 2. The van der Waals surface area contributed by atoms with Crippen molar-refractivity contribution < 1.29 is 19.7 Å². The van der Waals surface area contributed by atoms with Crippen molar-refractivity contribution in [2.24, 2.45) is 11.8 Å². The van der Waals surface area contributed by atoms with Crippen molar-refractivity contribution >= 4 is 0 Å². The maximum absolute atomic E-state index is 9.43. The van der Waals surface area contributed by atoms with Gasteiger partial charge in [0.25, 0.3) is 0 Å². The van der Waals surface area contributed by atoms with Gasteiger partial charge in [0.2, 0.25) is 0 Å². The zero-order chi connectivity index (χ0) is 12.1. The highest BCUT2D eigenvalue weighted by Gasteiger charge is 2.32. The lowest BCUT2D eigenvalue weighted by molar-refractivity contribution is -0.195. The number of rotatable bonds is 4. The molecule has 17 heavy (non-hydrogen) atoms. The van der Waals surface area contributed by atoms with Gasteiger partial charge in [-0.1, -0.05) is 12.2 Å². The van der Waals surface area contributed by atoms with E-state index in [0.717, 1.165) is 32.3 Å². The summed E-state index contributed by atoms with van der Waals surface area (Å²) in [5, 5.41) is 18.7. The summed E-state index contributed by atoms with van der Waals surface area (Å²) in [6.07, 6.45) is 7.71. The molecule has 0 aromatic rings. The number of aliphatic hydroxyl groups is 2. The van der Waals surface area contributed by atoms with Crippen molar-refractivity contribution in [3.63, 3.8) is 0 Å². The maximum Gasteiger partial charge on any atom is 0.158 e. The molecule has 0 radical (unpaired) electrons. The second-order valence-corrected chi connectivity index (χ2v) is 4.85. The van der Waals surface area contributed by atoms with E-state index in [4.69, 9.17) is 9.47 Å². The molecule has 2 aliphatic rings. The molecule has 1 saturated heterocycles. The molecule has 0 saturated carbocycles. The highest BCUT2D eigenvalue weighted by molar-refractivity contribution is 5.02. The van der Waals surface area contributed by atoms with Crippen LogP contribution < -0.4 is 0 Å². The summed E-state index contributed by atoms with van der Waals surface area (Å²) in [5.74, 6) is 0.0779. The summed E-state index contributed by atoms with van der Waals surface area (Å²) in [7, 11) is 0. The summed E-state index contributed by atoms with van der Waals surface area (Å²) in [6.45, 7) is 0.905. The molecule has 2 rings (SSSR count). The monoisotopic (exact) mass is 242 g/mol.